The molecule has 2 N–H and O–H groups in total. The summed E-state index contributed by atoms with van der Waals surface area (Å²) < 4.78 is 5.20. The minimum Gasteiger partial charge on any atom is -0.338 e. The Morgan fingerprint density at radius 2 is 2.10 bits per heavy atom. The van der Waals surface area contributed by atoms with Crippen LogP contribution < -0.4 is 5.73 Å². The summed E-state index contributed by atoms with van der Waals surface area (Å²) in [5.74, 6) is 1.10. The molecular weight excluding hydrogens is 297 g/mol. The lowest BCUT2D eigenvalue weighted by molar-refractivity contribution is 0.343. The zero-order valence-corrected chi connectivity index (χ0v) is 12.8. The van der Waals surface area contributed by atoms with Gasteiger partial charge in [-0.25, -0.2) is 0 Å². The van der Waals surface area contributed by atoms with Crippen molar-refractivity contribution in [1.82, 2.24) is 10.1 Å². The highest BCUT2D eigenvalue weighted by molar-refractivity contribution is 6.42. The second kappa shape index (κ2) is 7.07. The Bertz CT molecular complexity index is 571. The molecule has 1 aromatic carbocycles. The summed E-state index contributed by atoms with van der Waals surface area (Å²) in [6.45, 7) is 2.12. The van der Waals surface area contributed by atoms with Gasteiger partial charge in [0.2, 0.25) is 5.89 Å². The maximum absolute atomic E-state index is 6.00. The van der Waals surface area contributed by atoms with Crippen LogP contribution in [0.2, 0.25) is 10.0 Å². The number of rotatable bonds is 6. The highest BCUT2D eigenvalue weighted by atomic mass is 35.5. The lowest BCUT2D eigenvalue weighted by atomic mass is 10.1. The van der Waals surface area contributed by atoms with Gasteiger partial charge in [-0.15, -0.1) is 0 Å². The van der Waals surface area contributed by atoms with Crippen LogP contribution in [0.3, 0.4) is 0 Å². The fourth-order valence-electron chi connectivity index (χ4n) is 1.87. The standard InChI is InChI=1S/C14H17Cl2N3O/c1-2-3-4-12(17)14-18-13(19-20-14)8-9-5-6-10(15)11(16)7-9/h5-7,12H,2-4,8,17H2,1H3/t12-/m0/s1. The molecule has 0 saturated carbocycles. The second-order valence-corrected chi connectivity index (χ2v) is 5.54. The molecule has 2 aromatic rings. The molecule has 0 fully saturated rings. The average Bonchev–Trinajstić information content (AvgIpc) is 2.89. The lowest BCUT2D eigenvalue weighted by Gasteiger charge is -2.03. The van der Waals surface area contributed by atoms with E-state index in [0.29, 0.717) is 28.2 Å². The van der Waals surface area contributed by atoms with Crippen molar-refractivity contribution in [2.75, 3.05) is 0 Å². The van der Waals surface area contributed by atoms with Gasteiger partial charge in [-0.3, -0.25) is 0 Å². The summed E-state index contributed by atoms with van der Waals surface area (Å²) in [4.78, 5) is 4.33. The number of unbranched alkanes of at least 4 members (excludes halogenated alkanes) is 1. The topological polar surface area (TPSA) is 64.9 Å². The van der Waals surface area contributed by atoms with E-state index in [1.165, 1.54) is 0 Å². The molecule has 0 aliphatic rings. The van der Waals surface area contributed by atoms with Crippen LogP contribution in [0.4, 0.5) is 0 Å². The Balaban J connectivity index is 2.03. The van der Waals surface area contributed by atoms with E-state index in [2.05, 4.69) is 17.1 Å². The number of hydrogen-bond acceptors (Lipinski definition) is 4. The summed E-state index contributed by atoms with van der Waals surface area (Å²) in [7, 11) is 0. The van der Waals surface area contributed by atoms with Crippen LogP contribution in [0.5, 0.6) is 0 Å². The van der Waals surface area contributed by atoms with E-state index in [4.69, 9.17) is 33.5 Å². The van der Waals surface area contributed by atoms with Gasteiger partial charge in [-0.05, 0) is 24.1 Å². The van der Waals surface area contributed by atoms with Gasteiger partial charge in [0, 0.05) is 6.42 Å². The fraction of sp³-hybridized carbons (Fsp3) is 0.429. The molecule has 4 nitrogen and oxygen atoms in total. The Morgan fingerprint density at radius 3 is 2.80 bits per heavy atom. The van der Waals surface area contributed by atoms with E-state index in [9.17, 15) is 0 Å². The number of nitrogens with two attached hydrogens (primary N) is 1. The van der Waals surface area contributed by atoms with Gasteiger partial charge in [0.1, 0.15) is 0 Å². The zero-order chi connectivity index (χ0) is 14.5. The number of aromatic nitrogens is 2. The van der Waals surface area contributed by atoms with Crippen LogP contribution >= 0.6 is 23.2 Å². The van der Waals surface area contributed by atoms with E-state index in [0.717, 1.165) is 24.8 Å². The maximum Gasteiger partial charge on any atom is 0.243 e. The van der Waals surface area contributed by atoms with Gasteiger partial charge in [0.15, 0.2) is 5.82 Å². The van der Waals surface area contributed by atoms with Crippen molar-refractivity contribution >= 4 is 23.2 Å². The fourth-order valence-corrected chi connectivity index (χ4v) is 2.19. The molecule has 6 heteroatoms. The van der Waals surface area contributed by atoms with Crippen molar-refractivity contribution in [2.24, 2.45) is 5.73 Å². The van der Waals surface area contributed by atoms with Crippen molar-refractivity contribution in [3.05, 3.63) is 45.5 Å². The third-order valence-electron chi connectivity index (χ3n) is 3.02. The third-order valence-corrected chi connectivity index (χ3v) is 3.75. The molecule has 0 unspecified atom stereocenters. The van der Waals surface area contributed by atoms with E-state index in [1.807, 2.05) is 6.07 Å². The van der Waals surface area contributed by atoms with Crippen LogP contribution in [0.25, 0.3) is 0 Å². The summed E-state index contributed by atoms with van der Waals surface area (Å²) >= 11 is 11.9. The van der Waals surface area contributed by atoms with Crippen molar-refractivity contribution < 1.29 is 4.52 Å². The highest BCUT2D eigenvalue weighted by Crippen LogP contribution is 2.23. The van der Waals surface area contributed by atoms with Crippen LogP contribution in [0.15, 0.2) is 22.7 Å². The molecule has 1 aromatic heterocycles. The van der Waals surface area contributed by atoms with E-state index in [1.54, 1.807) is 12.1 Å². The predicted octanol–water partition coefficient (Wildman–Crippen LogP) is 4.16. The summed E-state index contributed by atoms with van der Waals surface area (Å²) in [5, 5.41) is 5.00. The smallest absolute Gasteiger partial charge is 0.243 e. The summed E-state index contributed by atoms with van der Waals surface area (Å²) in [6, 6.07) is 5.26. The Labute approximate surface area is 128 Å². The molecule has 20 heavy (non-hydrogen) atoms. The number of halogens is 2. The molecule has 0 aliphatic heterocycles. The lowest BCUT2D eigenvalue weighted by Crippen LogP contribution is -2.10. The predicted molar refractivity (Wildman–Crippen MR) is 80.0 cm³/mol. The van der Waals surface area contributed by atoms with Crippen molar-refractivity contribution in [3.8, 4) is 0 Å². The Kier molecular flexibility index (Phi) is 5.40. The van der Waals surface area contributed by atoms with Crippen LogP contribution in [-0.4, -0.2) is 10.1 Å². The summed E-state index contributed by atoms with van der Waals surface area (Å²) in [6.07, 6.45) is 3.54. The Hall–Kier alpha value is -1.10. The first kappa shape index (κ1) is 15.3. The maximum atomic E-state index is 6.00. The quantitative estimate of drug-likeness (QED) is 0.869. The molecule has 2 rings (SSSR count). The van der Waals surface area contributed by atoms with Gasteiger partial charge < -0.3 is 10.3 Å². The van der Waals surface area contributed by atoms with Crippen molar-refractivity contribution in [3.63, 3.8) is 0 Å². The SMILES string of the molecule is CCCC[C@H](N)c1nc(Cc2ccc(Cl)c(Cl)c2)no1. The minimum atomic E-state index is -0.190. The molecule has 0 amide bonds. The molecule has 0 radical (unpaired) electrons. The number of benzene rings is 1. The monoisotopic (exact) mass is 313 g/mol. The zero-order valence-electron chi connectivity index (χ0n) is 11.3. The molecule has 0 spiro atoms. The largest absolute Gasteiger partial charge is 0.338 e. The Morgan fingerprint density at radius 1 is 1.30 bits per heavy atom. The third kappa shape index (κ3) is 3.95. The normalized spacial score (nSPS) is 12.6. The molecule has 1 atom stereocenters. The first-order chi connectivity index (χ1) is 9.60. The van der Waals surface area contributed by atoms with E-state index >= 15 is 0 Å². The highest BCUT2D eigenvalue weighted by Gasteiger charge is 2.14. The molecular formula is C14H17Cl2N3O. The van der Waals surface area contributed by atoms with Crippen LogP contribution in [0, 0.1) is 0 Å². The number of hydrogen-bond donors (Lipinski definition) is 1. The second-order valence-electron chi connectivity index (χ2n) is 4.72. The molecule has 1 heterocycles. The minimum absolute atomic E-state index is 0.190. The van der Waals surface area contributed by atoms with Gasteiger partial charge in [0.25, 0.3) is 0 Å². The van der Waals surface area contributed by atoms with Crippen molar-refractivity contribution in [2.45, 2.75) is 38.6 Å². The first-order valence-electron chi connectivity index (χ1n) is 6.62. The van der Waals surface area contributed by atoms with Gasteiger partial charge >= 0.3 is 0 Å². The average molecular weight is 314 g/mol. The van der Waals surface area contributed by atoms with Gasteiger partial charge in [-0.2, -0.15) is 4.98 Å². The summed E-state index contributed by atoms with van der Waals surface area (Å²) in [5.41, 5.74) is 6.98. The van der Waals surface area contributed by atoms with Crippen LogP contribution in [-0.2, 0) is 6.42 Å². The van der Waals surface area contributed by atoms with Gasteiger partial charge in [0.05, 0.1) is 16.1 Å². The molecule has 108 valence electrons. The number of nitrogens with zero attached hydrogens (tertiary/aromatic N) is 2. The van der Waals surface area contributed by atoms with Crippen LogP contribution in [0.1, 0.15) is 49.5 Å². The van der Waals surface area contributed by atoms with E-state index < -0.39 is 0 Å². The molecule has 0 aliphatic carbocycles. The van der Waals surface area contributed by atoms with E-state index in [-0.39, 0.29) is 6.04 Å². The first-order valence-corrected chi connectivity index (χ1v) is 7.37. The van der Waals surface area contributed by atoms with Gasteiger partial charge in [-0.1, -0.05) is 54.2 Å². The molecule has 0 bridgehead atoms. The van der Waals surface area contributed by atoms with Crippen molar-refractivity contribution in [1.29, 1.82) is 0 Å². The molecule has 0 saturated heterocycles.